The van der Waals surface area contributed by atoms with Crippen molar-refractivity contribution in [2.75, 3.05) is 0 Å². The number of fused-ring (bicyclic) bond motifs is 1. The number of aryl methyl sites for hydroxylation is 1. The van der Waals surface area contributed by atoms with E-state index < -0.39 is 0 Å². The Hall–Kier alpha value is -3.47. The van der Waals surface area contributed by atoms with Crippen LogP contribution >= 0.6 is 0 Å². The van der Waals surface area contributed by atoms with E-state index in [0.29, 0.717) is 0 Å². The van der Waals surface area contributed by atoms with Gasteiger partial charge >= 0.3 is 0 Å². The average Bonchev–Trinajstić information content (AvgIpc) is 3.02. The number of nitro benzene ring substituents is 1. The SMILES string of the molecule is Cc1ccc([N+](=O)[O-])cc1-c1c(-c2ccccc2)[nH]c2ncccc12. The van der Waals surface area contributed by atoms with Crippen LogP contribution in [0.3, 0.4) is 0 Å². The molecular weight excluding hydrogens is 314 g/mol. The number of nitrogens with zero attached hydrogens (tertiary/aromatic N) is 2. The van der Waals surface area contributed by atoms with Gasteiger partial charge in [-0.15, -0.1) is 0 Å². The average molecular weight is 329 g/mol. The maximum atomic E-state index is 11.2. The zero-order chi connectivity index (χ0) is 17.4. The standard InChI is InChI=1S/C20H15N3O2/c1-13-9-10-15(23(24)25)12-17(13)18-16-8-5-11-21-20(16)22-19(18)14-6-3-2-4-7-14/h2-12H,1H3,(H,21,22). The van der Waals surface area contributed by atoms with E-state index in [1.807, 2.05) is 49.4 Å². The summed E-state index contributed by atoms with van der Waals surface area (Å²) in [6, 6.07) is 18.8. The number of rotatable bonds is 3. The summed E-state index contributed by atoms with van der Waals surface area (Å²) in [6.45, 7) is 1.96. The highest BCUT2D eigenvalue weighted by molar-refractivity contribution is 6.03. The van der Waals surface area contributed by atoms with Crippen LogP contribution in [0.4, 0.5) is 5.69 Å². The molecule has 1 N–H and O–H groups in total. The number of nitro groups is 1. The van der Waals surface area contributed by atoms with E-state index in [-0.39, 0.29) is 10.6 Å². The fourth-order valence-corrected chi connectivity index (χ4v) is 3.12. The first kappa shape index (κ1) is 15.1. The van der Waals surface area contributed by atoms with E-state index in [1.54, 1.807) is 18.3 Å². The summed E-state index contributed by atoms with van der Waals surface area (Å²) in [4.78, 5) is 18.7. The molecule has 0 unspecified atom stereocenters. The highest BCUT2D eigenvalue weighted by Gasteiger charge is 2.19. The fraction of sp³-hybridized carbons (Fsp3) is 0.0500. The first-order valence-electron chi connectivity index (χ1n) is 7.92. The van der Waals surface area contributed by atoms with Crippen molar-refractivity contribution in [3.8, 4) is 22.4 Å². The minimum absolute atomic E-state index is 0.0813. The molecule has 0 bridgehead atoms. The number of aromatic nitrogens is 2. The highest BCUT2D eigenvalue weighted by Crippen LogP contribution is 2.40. The number of non-ortho nitro benzene ring substituents is 1. The predicted octanol–water partition coefficient (Wildman–Crippen LogP) is 5.11. The first-order chi connectivity index (χ1) is 12.1. The van der Waals surface area contributed by atoms with Gasteiger partial charge in [0.15, 0.2) is 0 Å². The molecule has 2 heterocycles. The summed E-state index contributed by atoms with van der Waals surface area (Å²) >= 11 is 0. The number of nitrogens with one attached hydrogen (secondary N) is 1. The van der Waals surface area contributed by atoms with Gasteiger partial charge < -0.3 is 4.98 Å². The van der Waals surface area contributed by atoms with Crippen molar-refractivity contribution < 1.29 is 4.92 Å². The Kier molecular flexibility index (Phi) is 3.54. The summed E-state index contributed by atoms with van der Waals surface area (Å²) in [5.74, 6) is 0. The molecule has 2 aromatic heterocycles. The fourth-order valence-electron chi connectivity index (χ4n) is 3.12. The summed E-state index contributed by atoms with van der Waals surface area (Å²) in [5, 5.41) is 12.2. The zero-order valence-electron chi connectivity index (χ0n) is 13.6. The van der Waals surface area contributed by atoms with Crippen LogP contribution in [-0.2, 0) is 0 Å². The monoisotopic (exact) mass is 329 g/mol. The second-order valence-corrected chi connectivity index (χ2v) is 5.90. The Morgan fingerprint density at radius 1 is 1.04 bits per heavy atom. The lowest BCUT2D eigenvalue weighted by Gasteiger charge is -2.09. The van der Waals surface area contributed by atoms with Gasteiger partial charge in [0.2, 0.25) is 0 Å². The number of hydrogen-bond acceptors (Lipinski definition) is 3. The normalized spacial score (nSPS) is 10.9. The third kappa shape index (κ3) is 2.55. The van der Waals surface area contributed by atoms with Crippen molar-refractivity contribution in [2.24, 2.45) is 0 Å². The number of H-pyrrole nitrogens is 1. The van der Waals surface area contributed by atoms with E-state index in [4.69, 9.17) is 0 Å². The number of hydrogen-bond donors (Lipinski definition) is 1. The summed E-state index contributed by atoms with van der Waals surface area (Å²) in [6.07, 6.45) is 1.73. The van der Waals surface area contributed by atoms with Crippen molar-refractivity contribution >= 4 is 16.7 Å². The smallest absolute Gasteiger partial charge is 0.270 e. The van der Waals surface area contributed by atoms with Crippen molar-refractivity contribution in [1.82, 2.24) is 9.97 Å². The molecule has 0 spiro atoms. The van der Waals surface area contributed by atoms with Crippen molar-refractivity contribution in [1.29, 1.82) is 0 Å². The van der Waals surface area contributed by atoms with E-state index in [1.165, 1.54) is 6.07 Å². The van der Waals surface area contributed by atoms with E-state index in [0.717, 1.165) is 39.0 Å². The second-order valence-electron chi connectivity index (χ2n) is 5.90. The Labute approximate surface area is 144 Å². The molecule has 25 heavy (non-hydrogen) atoms. The molecule has 4 rings (SSSR count). The van der Waals surface area contributed by atoms with Gasteiger partial charge in [-0.3, -0.25) is 10.1 Å². The third-order valence-corrected chi connectivity index (χ3v) is 4.33. The molecular formula is C20H15N3O2. The van der Waals surface area contributed by atoms with Crippen molar-refractivity contribution in [2.45, 2.75) is 6.92 Å². The lowest BCUT2D eigenvalue weighted by molar-refractivity contribution is -0.384. The van der Waals surface area contributed by atoms with E-state index in [2.05, 4.69) is 9.97 Å². The Morgan fingerprint density at radius 2 is 1.84 bits per heavy atom. The maximum absolute atomic E-state index is 11.2. The molecule has 122 valence electrons. The summed E-state index contributed by atoms with van der Waals surface area (Å²) in [5.41, 5.74) is 5.54. The van der Waals surface area contributed by atoms with Gasteiger partial charge in [0.25, 0.3) is 5.69 Å². The number of aromatic amines is 1. The van der Waals surface area contributed by atoms with Crippen molar-refractivity contribution in [3.63, 3.8) is 0 Å². The van der Waals surface area contributed by atoms with Crippen LogP contribution in [0.1, 0.15) is 5.56 Å². The molecule has 0 atom stereocenters. The Bertz CT molecular complexity index is 1080. The second kappa shape index (κ2) is 5.87. The predicted molar refractivity (Wildman–Crippen MR) is 98.4 cm³/mol. The molecule has 0 saturated heterocycles. The minimum atomic E-state index is -0.363. The summed E-state index contributed by atoms with van der Waals surface area (Å²) in [7, 11) is 0. The van der Waals surface area contributed by atoms with E-state index >= 15 is 0 Å². The molecule has 4 aromatic rings. The largest absolute Gasteiger partial charge is 0.339 e. The molecule has 0 aliphatic rings. The molecule has 5 nitrogen and oxygen atoms in total. The molecule has 0 aliphatic carbocycles. The minimum Gasteiger partial charge on any atom is -0.339 e. The van der Waals surface area contributed by atoms with Crippen LogP contribution < -0.4 is 0 Å². The molecule has 0 saturated carbocycles. The van der Waals surface area contributed by atoms with Crippen LogP contribution in [0.5, 0.6) is 0 Å². The third-order valence-electron chi connectivity index (χ3n) is 4.33. The number of benzene rings is 2. The number of pyridine rings is 1. The quantitative estimate of drug-likeness (QED) is 0.419. The topological polar surface area (TPSA) is 71.8 Å². The molecule has 0 amide bonds. The van der Waals surface area contributed by atoms with Crippen LogP contribution in [-0.4, -0.2) is 14.9 Å². The zero-order valence-corrected chi connectivity index (χ0v) is 13.6. The van der Waals surface area contributed by atoms with Crippen LogP contribution in [0.15, 0.2) is 66.9 Å². The lowest BCUT2D eigenvalue weighted by Crippen LogP contribution is -1.91. The molecule has 5 heteroatoms. The van der Waals surface area contributed by atoms with Gasteiger partial charge in [-0.05, 0) is 35.7 Å². The van der Waals surface area contributed by atoms with Gasteiger partial charge in [-0.2, -0.15) is 0 Å². The van der Waals surface area contributed by atoms with E-state index in [9.17, 15) is 10.1 Å². The van der Waals surface area contributed by atoms with Gasteiger partial charge in [0, 0.05) is 29.3 Å². The van der Waals surface area contributed by atoms with Gasteiger partial charge in [0.05, 0.1) is 10.6 Å². The Balaban J connectivity index is 2.08. The van der Waals surface area contributed by atoms with Crippen LogP contribution in [0, 0.1) is 17.0 Å². The molecule has 0 fully saturated rings. The van der Waals surface area contributed by atoms with Crippen LogP contribution in [0.2, 0.25) is 0 Å². The van der Waals surface area contributed by atoms with Gasteiger partial charge in [0.1, 0.15) is 5.65 Å². The molecule has 0 aliphatic heterocycles. The van der Waals surface area contributed by atoms with Crippen molar-refractivity contribution in [3.05, 3.63) is 82.5 Å². The maximum Gasteiger partial charge on any atom is 0.270 e. The van der Waals surface area contributed by atoms with Gasteiger partial charge in [-0.25, -0.2) is 4.98 Å². The van der Waals surface area contributed by atoms with Crippen LogP contribution in [0.25, 0.3) is 33.4 Å². The summed E-state index contributed by atoms with van der Waals surface area (Å²) < 4.78 is 0. The lowest BCUT2D eigenvalue weighted by atomic mass is 9.95. The highest BCUT2D eigenvalue weighted by atomic mass is 16.6. The van der Waals surface area contributed by atoms with Gasteiger partial charge in [-0.1, -0.05) is 36.4 Å². The molecule has 0 radical (unpaired) electrons. The first-order valence-corrected chi connectivity index (χ1v) is 7.92. The molecule has 2 aromatic carbocycles. The Morgan fingerprint density at radius 3 is 2.60 bits per heavy atom.